The molecule has 1 aromatic carbocycles. The lowest BCUT2D eigenvalue weighted by Gasteiger charge is -2.25. The molecule has 1 saturated carbocycles. The number of nitrogens with one attached hydrogen (secondary N) is 1. The summed E-state index contributed by atoms with van der Waals surface area (Å²) in [7, 11) is 0. The smallest absolute Gasteiger partial charge is 0.226 e. The van der Waals surface area contributed by atoms with Crippen molar-refractivity contribution in [2.75, 3.05) is 5.32 Å². The highest BCUT2D eigenvalue weighted by molar-refractivity contribution is 6.30. The van der Waals surface area contributed by atoms with Crippen molar-refractivity contribution in [3.8, 4) is 0 Å². The summed E-state index contributed by atoms with van der Waals surface area (Å²) in [6.45, 7) is 0. The standard InChI is InChI=1S/C17H18ClN3O/c18-12-7-5-11(6-8-12)14-9-16(22)20-17-15(14)10-19-21(17)13-3-1-2-4-13/h5-8,10,13-14H,1-4,9H2,(H,20,22)/t14-/m0/s1. The van der Waals surface area contributed by atoms with Crippen LogP contribution >= 0.6 is 11.6 Å². The second-order valence-corrected chi connectivity index (χ2v) is 6.62. The van der Waals surface area contributed by atoms with E-state index in [9.17, 15) is 4.79 Å². The van der Waals surface area contributed by atoms with E-state index in [1.54, 1.807) is 0 Å². The van der Waals surface area contributed by atoms with Crippen LogP contribution in [0.1, 0.15) is 55.2 Å². The first-order valence-electron chi connectivity index (χ1n) is 7.85. The molecule has 0 saturated heterocycles. The Kier molecular flexibility index (Phi) is 3.41. The fourth-order valence-corrected chi connectivity index (χ4v) is 3.78. The van der Waals surface area contributed by atoms with Crippen LogP contribution in [-0.2, 0) is 4.79 Å². The van der Waals surface area contributed by atoms with Crippen LogP contribution in [0.25, 0.3) is 0 Å². The van der Waals surface area contributed by atoms with Gasteiger partial charge in [-0.2, -0.15) is 5.10 Å². The van der Waals surface area contributed by atoms with E-state index in [0.29, 0.717) is 17.5 Å². The number of fused-ring (bicyclic) bond motifs is 1. The van der Waals surface area contributed by atoms with Gasteiger partial charge in [0.1, 0.15) is 5.82 Å². The summed E-state index contributed by atoms with van der Waals surface area (Å²) in [5.41, 5.74) is 2.24. The summed E-state index contributed by atoms with van der Waals surface area (Å²) in [5, 5.41) is 8.33. The molecule has 2 heterocycles. The van der Waals surface area contributed by atoms with Crippen LogP contribution in [0.5, 0.6) is 0 Å². The lowest BCUT2D eigenvalue weighted by Crippen LogP contribution is -2.25. The minimum absolute atomic E-state index is 0.0622. The van der Waals surface area contributed by atoms with Crippen LogP contribution in [0.15, 0.2) is 30.5 Å². The van der Waals surface area contributed by atoms with Crippen molar-refractivity contribution in [2.24, 2.45) is 0 Å². The number of benzene rings is 1. The highest BCUT2D eigenvalue weighted by Crippen LogP contribution is 2.40. The largest absolute Gasteiger partial charge is 0.311 e. The number of amides is 1. The van der Waals surface area contributed by atoms with Gasteiger partial charge >= 0.3 is 0 Å². The van der Waals surface area contributed by atoms with Crippen LogP contribution in [-0.4, -0.2) is 15.7 Å². The van der Waals surface area contributed by atoms with Gasteiger partial charge in [0.25, 0.3) is 0 Å². The van der Waals surface area contributed by atoms with E-state index < -0.39 is 0 Å². The highest BCUT2D eigenvalue weighted by atomic mass is 35.5. The molecule has 0 bridgehead atoms. The van der Waals surface area contributed by atoms with Crippen molar-refractivity contribution in [3.05, 3.63) is 46.6 Å². The molecule has 0 spiro atoms. The Labute approximate surface area is 134 Å². The van der Waals surface area contributed by atoms with Gasteiger partial charge < -0.3 is 5.32 Å². The summed E-state index contributed by atoms with van der Waals surface area (Å²) >= 11 is 5.97. The summed E-state index contributed by atoms with van der Waals surface area (Å²) in [5.74, 6) is 1.02. The van der Waals surface area contributed by atoms with Crippen molar-refractivity contribution in [1.82, 2.24) is 9.78 Å². The molecule has 22 heavy (non-hydrogen) atoms. The van der Waals surface area contributed by atoms with Gasteiger partial charge in [-0.1, -0.05) is 36.6 Å². The topological polar surface area (TPSA) is 46.9 Å². The molecule has 2 aliphatic rings. The minimum atomic E-state index is 0.0622. The summed E-state index contributed by atoms with van der Waals surface area (Å²) in [6, 6.07) is 8.19. The van der Waals surface area contributed by atoms with Gasteiger partial charge in [0.2, 0.25) is 5.91 Å². The summed E-state index contributed by atoms with van der Waals surface area (Å²) in [6.07, 6.45) is 7.17. The number of rotatable bonds is 2. The van der Waals surface area contributed by atoms with E-state index in [0.717, 1.165) is 29.8 Å². The maximum Gasteiger partial charge on any atom is 0.226 e. The normalized spacial score (nSPS) is 21.7. The molecule has 1 atom stereocenters. The molecule has 4 rings (SSSR count). The van der Waals surface area contributed by atoms with Crippen molar-refractivity contribution >= 4 is 23.3 Å². The van der Waals surface area contributed by atoms with Crippen molar-refractivity contribution in [1.29, 1.82) is 0 Å². The second-order valence-electron chi connectivity index (χ2n) is 6.19. The number of halogens is 1. The third-order valence-corrected chi connectivity index (χ3v) is 5.04. The molecule has 1 aliphatic heterocycles. The zero-order chi connectivity index (χ0) is 15.1. The number of anilines is 1. The van der Waals surface area contributed by atoms with Crippen LogP contribution < -0.4 is 5.32 Å². The van der Waals surface area contributed by atoms with Crippen LogP contribution in [0.3, 0.4) is 0 Å². The third kappa shape index (κ3) is 2.31. The Balaban J connectivity index is 1.74. The lowest BCUT2D eigenvalue weighted by atomic mass is 9.87. The van der Waals surface area contributed by atoms with E-state index in [-0.39, 0.29) is 11.8 Å². The van der Waals surface area contributed by atoms with Gasteiger partial charge in [-0.25, -0.2) is 4.68 Å². The fraction of sp³-hybridized carbons (Fsp3) is 0.412. The number of carbonyl (C=O) groups is 1. The molecule has 1 N–H and O–H groups in total. The number of hydrogen-bond acceptors (Lipinski definition) is 2. The van der Waals surface area contributed by atoms with E-state index in [2.05, 4.69) is 10.4 Å². The van der Waals surface area contributed by atoms with E-state index in [1.165, 1.54) is 12.8 Å². The first kappa shape index (κ1) is 13.8. The molecular weight excluding hydrogens is 298 g/mol. The maximum atomic E-state index is 12.2. The first-order valence-corrected chi connectivity index (χ1v) is 8.23. The van der Waals surface area contributed by atoms with Gasteiger partial charge in [0.15, 0.2) is 0 Å². The highest BCUT2D eigenvalue weighted by Gasteiger charge is 2.32. The van der Waals surface area contributed by atoms with Gasteiger partial charge in [0, 0.05) is 22.9 Å². The molecule has 1 aliphatic carbocycles. The van der Waals surface area contributed by atoms with Crippen molar-refractivity contribution in [2.45, 2.75) is 44.1 Å². The summed E-state index contributed by atoms with van der Waals surface area (Å²) in [4.78, 5) is 12.2. The maximum absolute atomic E-state index is 12.2. The van der Waals surface area contributed by atoms with Gasteiger partial charge in [-0.15, -0.1) is 0 Å². The number of aromatic nitrogens is 2. The second kappa shape index (κ2) is 5.43. The van der Waals surface area contributed by atoms with E-state index >= 15 is 0 Å². The van der Waals surface area contributed by atoms with E-state index in [4.69, 9.17) is 11.6 Å². The Bertz CT molecular complexity index is 701. The minimum Gasteiger partial charge on any atom is -0.311 e. The number of carbonyl (C=O) groups excluding carboxylic acids is 1. The predicted molar refractivity (Wildman–Crippen MR) is 86.3 cm³/mol. The van der Waals surface area contributed by atoms with Gasteiger partial charge in [0.05, 0.1) is 12.2 Å². The van der Waals surface area contributed by atoms with Crippen molar-refractivity contribution < 1.29 is 4.79 Å². The average Bonchev–Trinajstić information content (AvgIpc) is 3.15. The molecule has 1 amide bonds. The Morgan fingerprint density at radius 3 is 2.64 bits per heavy atom. The predicted octanol–water partition coefficient (Wildman–Crippen LogP) is 4.13. The zero-order valence-corrected chi connectivity index (χ0v) is 13.0. The Hall–Kier alpha value is -1.81. The average molecular weight is 316 g/mol. The van der Waals surface area contributed by atoms with Gasteiger partial charge in [-0.3, -0.25) is 4.79 Å². The van der Waals surface area contributed by atoms with Crippen LogP contribution in [0.2, 0.25) is 5.02 Å². The van der Waals surface area contributed by atoms with E-state index in [1.807, 2.05) is 35.1 Å². The number of hydrogen-bond donors (Lipinski definition) is 1. The SMILES string of the molecule is O=C1C[C@@H](c2ccc(Cl)cc2)c2cnn(C3CCCC3)c2N1. The van der Waals surface area contributed by atoms with Crippen LogP contribution in [0, 0.1) is 0 Å². The van der Waals surface area contributed by atoms with Gasteiger partial charge in [-0.05, 0) is 30.5 Å². The molecule has 114 valence electrons. The molecule has 4 nitrogen and oxygen atoms in total. The third-order valence-electron chi connectivity index (χ3n) is 4.79. The molecule has 2 aromatic rings. The number of nitrogens with zero attached hydrogens (tertiary/aromatic N) is 2. The quantitative estimate of drug-likeness (QED) is 0.906. The Morgan fingerprint density at radius 2 is 1.91 bits per heavy atom. The Morgan fingerprint density at radius 1 is 1.18 bits per heavy atom. The fourth-order valence-electron chi connectivity index (χ4n) is 3.66. The molecule has 1 aromatic heterocycles. The first-order chi connectivity index (χ1) is 10.7. The van der Waals surface area contributed by atoms with Crippen molar-refractivity contribution in [3.63, 3.8) is 0 Å². The lowest BCUT2D eigenvalue weighted by molar-refractivity contribution is -0.116. The molecule has 1 fully saturated rings. The molecule has 5 heteroatoms. The zero-order valence-electron chi connectivity index (χ0n) is 12.3. The monoisotopic (exact) mass is 315 g/mol. The molecule has 0 unspecified atom stereocenters. The molecular formula is C17H18ClN3O. The molecule has 0 radical (unpaired) electrons. The summed E-state index contributed by atoms with van der Waals surface area (Å²) < 4.78 is 2.03. The van der Waals surface area contributed by atoms with Crippen LogP contribution in [0.4, 0.5) is 5.82 Å².